The fraction of sp³-hybridized carbons (Fsp3) is 0.261. The second-order valence-electron chi connectivity index (χ2n) is 6.85. The minimum Gasteiger partial charge on any atom is -0.452 e. The van der Waals surface area contributed by atoms with Gasteiger partial charge in [-0.2, -0.15) is 0 Å². The molecule has 150 valence electrons. The molecular formula is C23H23FN2O3. The molecule has 0 saturated carbocycles. The average Bonchev–Trinajstić information content (AvgIpc) is 2.72. The number of likely N-dealkylation sites (N-methyl/N-ethyl adjacent to an activating group) is 1. The van der Waals surface area contributed by atoms with E-state index in [9.17, 15) is 14.0 Å². The highest BCUT2D eigenvalue weighted by Gasteiger charge is 2.20. The van der Waals surface area contributed by atoms with E-state index < -0.39 is 18.5 Å². The largest absolute Gasteiger partial charge is 0.452 e. The van der Waals surface area contributed by atoms with Crippen LogP contribution in [0.1, 0.15) is 34.1 Å². The van der Waals surface area contributed by atoms with Gasteiger partial charge in [-0.15, -0.1) is 0 Å². The summed E-state index contributed by atoms with van der Waals surface area (Å²) in [5.41, 5.74) is 3.11. The number of halogens is 1. The van der Waals surface area contributed by atoms with E-state index in [0.717, 1.165) is 11.3 Å². The van der Waals surface area contributed by atoms with Gasteiger partial charge in [0, 0.05) is 30.2 Å². The topological polar surface area (TPSA) is 59.5 Å². The molecular weight excluding hydrogens is 371 g/mol. The minimum atomic E-state index is -0.566. The Balaban J connectivity index is 1.75. The Kier molecular flexibility index (Phi) is 6.22. The first-order valence-corrected chi connectivity index (χ1v) is 9.45. The summed E-state index contributed by atoms with van der Waals surface area (Å²) in [4.78, 5) is 31.1. The Morgan fingerprint density at radius 3 is 2.52 bits per heavy atom. The third-order valence-corrected chi connectivity index (χ3v) is 4.89. The van der Waals surface area contributed by atoms with Gasteiger partial charge in [0.2, 0.25) is 0 Å². The van der Waals surface area contributed by atoms with Crippen LogP contribution in [0.2, 0.25) is 0 Å². The van der Waals surface area contributed by atoms with Crippen molar-refractivity contribution in [3.63, 3.8) is 0 Å². The lowest BCUT2D eigenvalue weighted by Crippen LogP contribution is -2.31. The third kappa shape index (κ3) is 4.42. The van der Waals surface area contributed by atoms with E-state index in [1.807, 2.05) is 38.1 Å². The van der Waals surface area contributed by atoms with Crippen molar-refractivity contribution in [3.05, 3.63) is 76.7 Å². The number of carbonyl (C=O) groups is 2. The lowest BCUT2D eigenvalue weighted by atomic mass is 10.0. The maximum atomic E-state index is 13.8. The zero-order valence-electron chi connectivity index (χ0n) is 16.7. The number of aryl methyl sites for hydroxylation is 1. The van der Waals surface area contributed by atoms with Crippen molar-refractivity contribution in [1.82, 2.24) is 9.88 Å². The van der Waals surface area contributed by atoms with Crippen molar-refractivity contribution < 1.29 is 18.7 Å². The van der Waals surface area contributed by atoms with Crippen LogP contribution < -0.4 is 0 Å². The predicted molar refractivity (Wildman–Crippen MR) is 109 cm³/mol. The zero-order chi connectivity index (χ0) is 21.0. The summed E-state index contributed by atoms with van der Waals surface area (Å²) in [6, 6.07) is 13.6. The van der Waals surface area contributed by atoms with Gasteiger partial charge in [0.15, 0.2) is 6.61 Å². The highest BCUT2D eigenvalue weighted by atomic mass is 19.1. The first-order chi connectivity index (χ1) is 13.9. The van der Waals surface area contributed by atoms with Gasteiger partial charge in [0.05, 0.1) is 11.1 Å². The number of hydrogen-bond donors (Lipinski definition) is 0. The SMILES string of the molecule is CCc1nc2ccccc2c(C(=O)OCC(=O)N(C)Cc2ccccc2F)c1C. The second kappa shape index (κ2) is 8.82. The van der Waals surface area contributed by atoms with Crippen LogP contribution >= 0.6 is 0 Å². The van der Waals surface area contributed by atoms with Crippen LogP contribution in [-0.4, -0.2) is 35.4 Å². The number of pyridine rings is 1. The van der Waals surface area contributed by atoms with Crippen molar-refractivity contribution in [1.29, 1.82) is 0 Å². The number of para-hydroxylation sites is 1. The first kappa shape index (κ1) is 20.5. The highest BCUT2D eigenvalue weighted by molar-refractivity contribution is 6.05. The quantitative estimate of drug-likeness (QED) is 0.592. The zero-order valence-corrected chi connectivity index (χ0v) is 16.7. The second-order valence-corrected chi connectivity index (χ2v) is 6.85. The molecule has 0 aliphatic rings. The number of ether oxygens (including phenoxy) is 1. The van der Waals surface area contributed by atoms with Gasteiger partial charge < -0.3 is 9.64 Å². The van der Waals surface area contributed by atoms with Crippen molar-refractivity contribution >= 4 is 22.8 Å². The molecule has 3 aromatic rings. The Hall–Kier alpha value is -3.28. The normalized spacial score (nSPS) is 10.8. The standard InChI is InChI=1S/C23H23FN2O3/c1-4-19-15(2)22(17-10-6-8-12-20(17)25-19)23(28)29-14-21(27)26(3)13-16-9-5-7-11-18(16)24/h5-12H,4,13-14H2,1-3H3. The molecule has 0 bridgehead atoms. The number of benzene rings is 2. The number of aromatic nitrogens is 1. The lowest BCUT2D eigenvalue weighted by Gasteiger charge is -2.18. The third-order valence-electron chi connectivity index (χ3n) is 4.89. The van der Waals surface area contributed by atoms with Gasteiger partial charge in [0.25, 0.3) is 5.91 Å². The molecule has 6 heteroatoms. The van der Waals surface area contributed by atoms with Crippen LogP contribution in [0, 0.1) is 12.7 Å². The van der Waals surface area contributed by atoms with E-state index in [-0.39, 0.29) is 12.4 Å². The van der Waals surface area contributed by atoms with Gasteiger partial charge >= 0.3 is 5.97 Å². The first-order valence-electron chi connectivity index (χ1n) is 9.45. The van der Waals surface area contributed by atoms with Crippen LogP contribution in [0.3, 0.4) is 0 Å². The molecule has 0 N–H and O–H groups in total. The van der Waals surface area contributed by atoms with Crippen molar-refractivity contribution in [3.8, 4) is 0 Å². The molecule has 1 aromatic heterocycles. The van der Waals surface area contributed by atoms with E-state index in [0.29, 0.717) is 28.5 Å². The molecule has 0 unspecified atom stereocenters. The summed E-state index contributed by atoms with van der Waals surface area (Å²) in [5, 5.41) is 0.694. The summed E-state index contributed by atoms with van der Waals surface area (Å²) in [5.74, 6) is -1.35. The number of esters is 1. The predicted octanol–water partition coefficient (Wildman–Crippen LogP) is 4.06. The average molecular weight is 394 g/mol. The van der Waals surface area contributed by atoms with Gasteiger partial charge in [0.1, 0.15) is 5.82 Å². The van der Waals surface area contributed by atoms with Gasteiger partial charge in [-0.1, -0.05) is 43.3 Å². The number of amides is 1. The molecule has 0 atom stereocenters. The monoisotopic (exact) mass is 394 g/mol. The number of carbonyl (C=O) groups excluding carboxylic acids is 2. The fourth-order valence-electron chi connectivity index (χ4n) is 3.25. The molecule has 1 amide bonds. The van der Waals surface area contributed by atoms with E-state index in [1.165, 1.54) is 11.0 Å². The Morgan fingerprint density at radius 1 is 1.10 bits per heavy atom. The van der Waals surface area contributed by atoms with Crippen molar-refractivity contribution in [2.24, 2.45) is 0 Å². The van der Waals surface area contributed by atoms with E-state index in [4.69, 9.17) is 4.74 Å². The Bertz CT molecular complexity index is 1070. The molecule has 0 aliphatic carbocycles. The summed E-state index contributed by atoms with van der Waals surface area (Å²) in [6.45, 7) is 3.49. The molecule has 3 rings (SSSR count). The Morgan fingerprint density at radius 2 is 1.79 bits per heavy atom. The minimum absolute atomic E-state index is 0.0975. The molecule has 0 radical (unpaired) electrons. The molecule has 5 nitrogen and oxygen atoms in total. The van der Waals surface area contributed by atoms with Crippen LogP contribution in [0.4, 0.5) is 4.39 Å². The molecule has 0 saturated heterocycles. The molecule has 29 heavy (non-hydrogen) atoms. The molecule has 0 fully saturated rings. The number of nitrogens with zero attached hydrogens (tertiary/aromatic N) is 2. The maximum Gasteiger partial charge on any atom is 0.339 e. The summed E-state index contributed by atoms with van der Waals surface area (Å²) < 4.78 is 19.1. The van der Waals surface area contributed by atoms with Gasteiger partial charge in [-0.25, -0.2) is 9.18 Å². The van der Waals surface area contributed by atoms with Crippen LogP contribution in [0.25, 0.3) is 10.9 Å². The van der Waals surface area contributed by atoms with E-state index in [1.54, 1.807) is 25.2 Å². The molecule has 1 heterocycles. The van der Waals surface area contributed by atoms with E-state index in [2.05, 4.69) is 4.98 Å². The molecule has 0 spiro atoms. The van der Waals surface area contributed by atoms with Crippen LogP contribution in [0.15, 0.2) is 48.5 Å². The van der Waals surface area contributed by atoms with E-state index >= 15 is 0 Å². The van der Waals surface area contributed by atoms with Gasteiger partial charge in [-0.3, -0.25) is 9.78 Å². The Labute approximate surface area is 169 Å². The smallest absolute Gasteiger partial charge is 0.339 e. The van der Waals surface area contributed by atoms with Crippen molar-refractivity contribution in [2.45, 2.75) is 26.8 Å². The lowest BCUT2D eigenvalue weighted by molar-refractivity contribution is -0.133. The fourth-order valence-corrected chi connectivity index (χ4v) is 3.25. The van der Waals surface area contributed by atoms with Gasteiger partial charge in [-0.05, 0) is 31.0 Å². The van der Waals surface area contributed by atoms with Crippen LogP contribution in [0.5, 0.6) is 0 Å². The van der Waals surface area contributed by atoms with Crippen molar-refractivity contribution in [2.75, 3.05) is 13.7 Å². The number of hydrogen-bond acceptors (Lipinski definition) is 4. The molecule has 2 aromatic carbocycles. The molecule has 0 aliphatic heterocycles. The van der Waals surface area contributed by atoms with Crippen LogP contribution in [-0.2, 0) is 22.5 Å². The summed E-state index contributed by atoms with van der Waals surface area (Å²) in [7, 11) is 1.55. The maximum absolute atomic E-state index is 13.8. The number of fused-ring (bicyclic) bond motifs is 1. The number of rotatable bonds is 6. The highest BCUT2D eigenvalue weighted by Crippen LogP contribution is 2.24. The summed E-state index contributed by atoms with van der Waals surface area (Å²) >= 11 is 0. The summed E-state index contributed by atoms with van der Waals surface area (Å²) in [6.07, 6.45) is 0.682.